The Kier molecular flexibility index (Phi) is 5.64. The Morgan fingerprint density at radius 3 is 2.88 bits per heavy atom. The van der Waals surface area contributed by atoms with Gasteiger partial charge in [0, 0.05) is 19.0 Å². The molecule has 0 unspecified atom stereocenters. The highest BCUT2D eigenvalue weighted by Gasteiger charge is 2.14. The maximum atomic E-state index is 12.2. The van der Waals surface area contributed by atoms with Crippen LogP contribution < -0.4 is 0 Å². The molecule has 0 aliphatic rings. The second kappa shape index (κ2) is 8.10. The van der Waals surface area contributed by atoms with E-state index in [1.54, 1.807) is 23.3 Å². The van der Waals surface area contributed by atoms with E-state index in [0.717, 1.165) is 20.8 Å². The number of carbonyl (C=O) groups excluding carboxylic acids is 1. The fourth-order valence-corrected chi connectivity index (χ4v) is 3.87. The number of amides is 1. The second-order valence-corrected chi connectivity index (χ2v) is 7.27. The van der Waals surface area contributed by atoms with Gasteiger partial charge >= 0.3 is 0 Å². The number of thioether (sulfide) groups is 1. The molecule has 126 valence electrons. The molecule has 0 spiro atoms. The largest absolute Gasteiger partial charge is 0.344 e. The summed E-state index contributed by atoms with van der Waals surface area (Å²) in [6.07, 6.45) is 0.339. The number of nitrogens with zero attached hydrogens (tertiary/aromatic N) is 4. The van der Waals surface area contributed by atoms with Gasteiger partial charge in [-0.1, -0.05) is 36.0 Å². The number of hydrogen-bond acceptors (Lipinski definition) is 6. The molecule has 0 saturated carbocycles. The molecule has 0 aliphatic heterocycles. The average molecular weight is 368 g/mol. The zero-order valence-corrected chi connectivity index (χ0v) is 15.3. The van der Waals surface area contributed by atoms with E-state index in [-0.39, 0.29) is 11.7 Å². The lowest BCUT2D eigenvalue weighted by molar-refractivity contribution is -0.127. The van der Waals surface area contributed by atoms with Gasteiger partial charge in [0.15, 0.2) is 5.82 Å². The molecule has 0 saturated heterocycles. The molecule has 3 aromatic rings. The Balaban J connectivity index is 1.85. The molecule has 1 aromatic carbocycles. The minimum absolute atomic E-state index is 0.0133. The van der Waals surface area contributed by atoms with Crippen molar-refractivity contribution < 1.29 is 4.79 Å². The molecule has 2 heterocycles. The van der Waals surface area contributed by atoms with Crippen LogP contribution in [-0.4, -0.2) is 40.1 Å². The topological polar surface area (TPSA) is 69.9 Å². The molecular formula is C18H16N4OS2. The molecule has 2 aromatic heterocycles. The summed E-state index contributed by atoms with van der Waals surface area (Å²) in [7, 11) is 1.72. The maximum Gasteiger partial charge on any atom is 0.232 e. The van der Waals surface area contributed by atoms with Crippen LogP contribution in [0.4, 0.5) is 0 Å². The van der Waals surface area contributed by atoms with E-state index in [1.165, 1.54) is 11.8 Å². The first-order valence-corrected chi connectivity index (χ1v) is 9.60. The summed E-state index contributed by atoms with van der Waals surface area (Å²) in [6.45, 7) is 0.445. The number of fused-ring (bicyclic) bond motifs is 1. The lowest BCUT2D eigenvalue weighted by Gasteiger charge is -2.15. The van der Waals surface area contributed by atoms with Crippen molar-refractivity contribution in [1.82, 2.24) is 14.9 Å². The molecule has 0 N–H and O–H groups in total. The SMILES string of the molecule is CN(CCC#N)C(=O)CSc1nc(-c2cccs2)nc2ccccc12. The van der Waals surface area contributed by atoms with Gasteiger partial charge in [-0.2, -0.15) is 5.26 Å². The van der Waals surface area contributed by atoms with Gasteiger partial charge in [-0.25, -0.2) is 9.97 Å². The zero-order chi connectivity index (χ0) is 17.6. The van der Waals surface area contributed by atoms with Crippen LogP contribution in [0.5, 0.6) is 0 Å². The van der Waals surface area contributed by atoms with E-state index >= 15 is 0 Å². The van der Waals surface area contributed by atoms with Gasteiger partial charge in [0.05, 0.1) is 28.6 Å². The van der Waals surface area contributed by atoms with Crippen LogP contribution in [0.15, 0.2) is 46.8 Å². The fourth-order valence-electron chi connectivity index (χ4n) is 2.26. The van der Waals surface area contributed by atoms with E-state index in [1.807, 2.05) is 41.8 Å². The van der Waals surface area contributed by atoms with Crippen molar-refractivity contribution in [2.45, 2.75) is 11.4 Å². The molecular weight excluding hydrogens is 352 g/mol. The van der Waals surface area contributed by atoms with Gasteiger partial charge in [0.2, 0.25) is 5.91 Å². The summed E-state index contributed by atoms with van der Waals surface area (Å²) in [5.41, 5.74) is 0.869. The van der Waals surface area contributed by atoms with Gasteiger partial charge in [-0.15, -0.1) is 11.3 Å². The number of hydrogen-bond donors (Lipinski definition) is 0. The van der Waals surface area contributed by atoms with Crippen LogP contribution in [0.2, 0.25) is 0 Å². The van der Waals surface area contributed by atoms with Gasteiger partial charge < -0.3 is 4.90 Å². The number of rotatable bonds is 6. The first kappa shape index (κ1) is 17.4. The van der Waals surface area contributed by atoms with Gasteiger partial charge in [-0.3, -0.25) is 4.79 Å². The number of nitriles is 1. The molecule has 0 radical (unpaired) electrons. The zero-order valence-electron chi connectivity index (χ0n) is 13.7. The minimum atomic E-state index is -0.0133. The Morgan fingerprint density at radius 2 is 2.12 bits per heavy atom. The van der Waals surface area contributed by atoms with Crippen molar-refractivity contribution in [1.29, 1.82) is 5.26 Å². The molecule has 0 atom stereocenters. The number of benzene rings is 1. The highest BCUT2D eigenvalue weighted by Crippen LogP contribution is 2.30. The van der Waals surface area contributed by atoms with Crippen LogP contribution in [0.25, 0.3) is 21.6 Å². The van der Waals surface area contributed by atoms with Crippen LogP contribution in [0.3, 0.4) is 0 Å². The Bertz CT molecular complexity index is 918. The monoisotopic (exact) mass is 368 g/mol. The smallest absolute Gasteiger partial charge is 0.232 e. The summed E-state index contributed by atoms with van der Waals surface area (Å²) in [5.74, 6) is 0.953. The molecule has 25 heavy (non-hydrogen) atoms. The summed E-state index contributed by atoms with van der Waals surface area (Å²) < 4.78 is 0. The van der Waals surface area contributed by atoms with E-state index in [2.05, 4.69) is 16.0 Å². The van der Waals surface area contributed by atoms with Crippen molar-refractivity contribution in [3.63, 3.8) is 0 Å². The van der Waals surface area contributed by atoms with Crippen molar-refractivity contribution in [3.8, 4) is 16.8 Å². The van der Waals surface area contributed by atoms with E-state index in [4.69, 9.17) is 5.26 Å². The molecule has 1 amide bonds. The Morgan fingerprint density at radius 1 is 1.28 bits per heavy atom. The molecule has 3 rings (SSSR count). The second-order valence-electron chi connectivity index (χ2n) is 5.36. The van der Waals surface area contributed by atoms with Crippen LogP contribution in [0, 0.1) is 11.3 Å². The fraction of sp³-hybridized carbons (Fsp3) is 0.222. The highest BCUT2D eigenvalue weighted by molar-refractivity contribution is 8.00. The predicted octanol–water partition coefficient (Wildman–Crippen LogP) is 3.82. The lowest BCUT2D eigenvalue weighted by Crippen LogP contribution is -2.29. The first-order chi connectivity index (χ1) is 12.2. The summed E-state index contributed by atoms with van der Waals surface area (Å²) in [5, 5.41) is 12.4. The lowest BCUT2D eigenvalue weighted by atomic mass is 10.2. The van der Waals surface area contributed by atoms with E-state index < -0.39 is 0 Å². The third-order valence-electron chi connectivity index (χ3n) is 3.63. The van der Waals surface area contributed by atoms with Crippen molar-refractivity contribution in [2.24, 2.45) is 0 Å². The molecule has 7 heteroatoms. The Hall–Kier alpha value is -2.43. The number of thiophene rings is 1. The van der Waals surface area contributed by atoms with Crippen molar-refractivity contribution in [2.75, 3.05) is 19.3 Å². The normalized spacial score (nSPS) is 10.6. The predicted molar refractivity (Wildman–Crippen MR) is 101 cm³/mol. The highest BCUT2D eigenvalue weighted by atomic mass is 32.2. The first-order valence-electron chi connectivity index (χ1n) is 7.73. The Labute approximate surface area is 154 Å². The maximum absolute atomic E-state index is 12.2. The molecule has 5 nitrogen and oxygen atoms in total. The quantitative estimate of drug-likeness (QED) is 0.489. The van der Waals surface area contributed by atoms with E-state index in [0.29, 0.717) is 18.8 Å². The third kappa shape index (κ3) is 4.16. The standard InChI is InChI=1S/C18H16N4OS2/c1-22(10-5-9-19)16(23)12-25-18-13-6-2-3-7-14(13)20-17(21-18)15-8-4-11-24-15/h2-4,6-8,11H,5,10,12H2,1H3. The molecule has 0 fully saturated rings. The van der Waals surface area contributed by atoms with Crippen LogP contribution >= 0.6 is 23.1 Å². The molecule has 0 bridgehead atoms. The van der Waals surface area contributed by atoms with Crippen LogP contribution in [0.1, 0.15) is 6.42 Å². The molecule has 0 aliphatic carbocycles. The third-order valence-corrected chi connectivity index (χ3v) is 5.47. The number of para-hydroxylation sites is 1. The van der Waals surface area contributed by atoms with Gasteiger partial charge in [0.1, 0.15) is 5.03 Å². The van der Waals surface area contributed by atoms with Crippen molar-refractivity contribution in [3.05, 3.63) is 41.8 Å². The van der Waals surface area contributed by atoms with E-state index in [9.17, 15) is 4.79 Å². The van der Waals surface area contributed by atoms with Gasteiger partial charge in [-0.05, 0) is 17.5 Å². The van der Waals surface area contributed by atoms with Gasteiger partial charge in [0.25, 0.3) is 0 Å². The number of carbonyl (C=O) groups is 1. The average Bonchev–Trinajstić information content (AvgIpc) is 3.18. The summed E-state index contributed by atoms with van der Waals surface area (Å²) in [6, 6.07) is 13.8. The number of aromatic nitrogens is 2. The van der Waals surface area contributed by atoms with Crippen molar-refractivity contribution >= 4 is 39.9 Å². The summed E-state index contributed by atoms with van der Waals surface area (Å²) in [4.78, 5) is 24.1. The minimum Gasteiger partial charge on any atom is -0.344 e. The van der Waals surface area contributed by atoms with Crippen LogP contribution in [-0.2, 0) is 4.79 Å². The summed E-state index contributed by atoms with van der Waals surface area (Å²) >= 11 is 3.00.